The molecule has 0 radical (unpaired) electrons. The summed E-state index contributed by atoms with van der Waals surface area (Å²) >= 11 is 12.8. The predicted molar refractivity (Wildman–Crippen MR) is 108 cm³/mol. The van der Waals surface area contributed by atoms with Crippen molar-refractivity contribution in [1.29, 1.82) is 0 Å². The largest absolute Gasteiger partial charge is 0.352 e. The lowest BCUT2D eigenvalue weighted by Crippen LogP contribution is -2.15. The minimum atomic E-state index is -0.00802. The smallest absolute Gasteiger partial charge is 0.247 e. The molecule has 1 saturated heterocycles. The van der Waals surface area contributed by atoms with Gasteiger partial charge in [-0.1, -0.05) is 53.5 Å². The van der Waals surface area contributed by atoms with Crippen LogP contribution in [0.4, 0.5) is 0 Å². The fourth-order valence-corrected chi connectivity index (χ4v) is 4.24. The molecule has 0 unspecified atom stereocenters. The van der Waals surface area contributed by atoms with Gasteiger partial charge >= 0.3 is 0 Å². The molecule has 132 valence electrons. The highest BCUT2D eigenvalue weighted by atomic mass is 35.5. The maximum Gasteiger partial charge on any atom is 0.247 e. The van der Waals surface area contributed by atoms with Crippen molar-refractivity contribution in [3.05, 3.63) is 75.4 Å². The Morgan fingerprint density at radius 3 is 2.62 bits per heavy atom. The van der Waals surface area contributed by atoms with Crippen LogP contribution in [0.1, 0.15) is 24.5 Å². The molecule has 1 fully saturated rings. The van der Waals surface area contributed by atoms with E-state index in [2.05, 4.69) is 23.0 Å². The van der Waals surface area contributed by atoms with Crippen molar-refractivity contribution in [1.82, 2.24) is 9.88 Å². The van der Waals surface area contributed by atoms with Crippen LogP contribution in [0.2, 0.25) is 10.0 Å². The monoisotopic (exact) mass is 384 g/mol. The van der Waals surface area contributed by atoms with E-state index in [1.807, 2.05) is 36.4 Å². The lowest BCUT2D eigenvalue weighted by atomic mass is 9.92. The zero-order valence-corrected chi connectivity index (χ0v) is 15.9. The van der Waals surface area contributed by atoms with Crippen LogP contribution < -0.4 is 5.32 Å². The normalized spacial score (nSPS) is 16.2. The third-order valence-electron chi connectivity index (χ3n) is 4.81. The number of nitrogens with zero attached hydrogens (tertiary/aromatic N) is 1. The Labute approximate surface area is 162 Å². The van der Waals surface area contributed by atoms with E-state index in [4.69, 9.17) is 23.2 Å². The number of hydrogen-bond acceptors (Lipinski definition) is 1. The van der Waals surface area contributed by atoms with Gasteiger partial charge in [0, 0.05) is 40.8 Å². The van der Waals surface area contributed by atoms with Crippen LogP contribution in [-0.2, 0) is 11.3 Å². The Bertz CT molecular complexity index is 1040. The fraction of sp³-hybridized carbons (Fsp3) is 0.190. The molecule has 3 nitrogen and oxygen atoms in total. The average molecular weight is 385 g/mol. The summed E-state index contributed by atoms with van der Waals surface area (Å²) in [5, 5.41) is 5.06. The van der Waals surface area contributed by atoms with E-state index < -0.39 is 0 Å². The highest BCUT2D eigenvalue weighted by Crippen LogP contribution is 2.40. The maximum absolute atomic E-state index is 12.5. The van der Waals surface area contributed by atoms with E-state index in [0.29, 0.717) is 23.0 Å². The molecular weight excluding hydrogens is 367 g/mol. The summed E-state index contributed by atoms with van der Waals surface area (Å²) in [7, 11) is 0. The minimum absolute atomic E-state index is 0.00802. The van der Waals surface area contributed by atoms with Crippen molar-refractivity contribution in [3.8, 4) is 0 Å². The third kappa shape index (κ3) is 2.81. The standard InChI is InChI=1S/C21H18Cl2N2O/c1-2-25-12-16(20-17(23)10-14(22)11-18(20)25)19(13-6-4-3-5-7-13)15-8-9-24-21(15)26/h3-7,10-12H,2,8-9H2,1H3,(H,24,26). The zero-order chi connectivity index (χ0) is 18.3. The molecule has 0 aliphatic carbocycles. The van der Waals surface area contributed by atoms with E-state index in [1.54, 1.807) is 6.07 Å². The second kappa shape index (κ2) is 6.82. The number of carbonyl (C=O) groups is 1. The molecule has 3 aromatic rings. The molecular formula is C21H18Cl2N2O. The summed E-state index contributed by atoms with van der Waals surface area (Å²) in [6.07, 6.45) is 2.78. The molecule has 0 bridgehead atoms. The van der Waals surface area contributed by atoms with Crippen LogP contribution in [0, 0.1) is 0 Å². The van der Waals surface area contributed by atoms with Gasteiger partial charge in [0.1, 0.15) is 0 Å². The number of carbonyl (C=O) groups excluding carboxylic acids is 1. The first-order valence-electron chi connectivity index (χ1n) is 8.65. The molecule has 26 heavy (non-hydrogen) atoms. The van der Waals surface area contributed by atoms with Crippen LogP contribution >= 0.6 is 23.2 Å². The maximum atomic E-state index is 12.5. The van der Waals surface area contributed by atoms with Crippen LogP contribution in [0.3, 0.4) is 0 Å². The van der Waals surface area contributed by atoms with Gasteiger partial charge in [-0.15, -0.1) is 0 Å². The van der Waals surface area contributed by atoms with Gasteiger partial charge in [0.25, 0.3) is 0 Å². The minimum Gasteiger partial charge on any atom is -0.352 e. The highest BCUT2D eigenvalue weighted by Gasteiger charge is 2.25. The Balaban J connectivity index is 2.09. The summed E-state index contributed by atoms with van der Waals surface area (Å²) in [5.74, 6) is -0.00802. The molecule has 2 heterocycles. The van der Waals surface area contributed by atoms with Crippen molar-refractivity contribution in [3.63, 3.8) is 0 Å². The Kier molecular flexibility index (Phi) is 4.51. The van der Waals surface area contributed by atoms with Gasteiger partial charge in [-0.3, -0.25) is 4.79 Å². The summed E-state index contributed by atoms with van der Waals surface area (Å²) in [6.45, 7) is 3.53. The van der Waals surface area contributed by atoms with Crippen LogP contribution in [0.25, 0.3) is 16.5 Å². The molecule has 2 aromatic carbocycles. The summed E-state index contributed by atoms with van der Waals surface area (Å²) < 4.78 is 2.12. The Morgan fingerprint density at radius 2 is 1.96 bits per heavy atom. The summed E-state index contributed by atoms with van der Waals surface area (Å²) in [4.78, 5) is 12.5. The van der Waals surface area contributed by atoms with Gasteiger partial charge in [0.05, 0.1) is 10.5 Å². The first kappa shape index (κ1) is 17.2. The van der Waals surface area contributed by atoms with E-state index in [1.165, 1.54) is 0 Å². The van der Waals surface area contributed by atoms with E-state index in [-0.39, 0.29) is 5.91 Å². The van der Waals surface area contributed by atoms with E-state index in [0.717, 1.165) is 39.7 Å². The first-order chi connectivity index (χ1) is 12.6. The number of benzene rings is 2. The number of halogens is 2. The van der Waals surface area contributed by atoms with Gasteiger partial charge in [0.15, 0.2) is 0 Å². The number of aryl methyl sites for hydroxylation is 1. The molecule has 1 aliphatic rings. The topological polar surface area (TPSA) is 34.0 Å². The number of rotatable bonds is 3. The van der Waals surface area contributed by atoms with E-state index >= 15 is 0 Å². The van der Waals surface area contributed by atoms with Crippen LogP contribution in [0.5, 0.6) is 0 Å². The third-order valence-corrected chi connectivity index (χ3v) is 5.32. The Hall–Kier alpha value is -2.23. The summed E-state index contributed by atoms with van der Waals surface area (Å²) in [6, 6.07) is 13.7. The molecule has 1 amide bonds. The van der Waals surface area contributed by atoms with Gasteiger partial charge in [-0.25, -0.2) is 0 Å². The molecule has 1 aliphatic heterocycles. The quantitative estimate of drug-likeness (QED) is 0.611. The number of amides is 1. The van der Waals surface area contributed by atoms with Crippen LogP contribution in [0.15, 0.2) is 54.2 Å². The second-order valence-electron chi connectivity index (χ2n) is 6.34. The molecule has 4 rings (SSSR count). The summed E-state index contributed by atoms with van der Waals surface area (Å²) in [5.41, 5.74) is 4.72. The van der Waals surface area contributed by atoms with E-state index in [9.17, 15) is 4.79 Å². The first-order valence-corrected chi connectivity index (χ1v) is 9.40. The van der Waals surface area contributed by atoms with Crippen molar-refractivity contribution in [2.75, 3.05) is 6.54 Å². The van der Waals surface area contributed by atoms with Crippen molar-refractivity contribution in [2.45, 2.75) is 19.9 Å². The average Bonchev–Trinajstić information content (AvgIpc) is 3.21. The molecule has 1 aromatic heterocycles. The Morgan fingerprint density at radius 1 is 1.19 bits per heavy atom. The van der Waals surface area contributed by atoms with Crippen molar-refractivity contribution < 1.29 is 4.79 Å². The highest BCUT2D eigenvalue weighted by molar-refractivity contribution is 6.39. The number of fused-ring (bicyclic) bond motifs is 1. The second-order valence-corrected chi connectivity index (χ2v) is 7.18. The van der Waals surface area contributed by atoms with Crippen LogP contribution in [-0.4, -0.2) is 17.0 Å². The SMILES string of the molecule is CCn1cc(C(=C2CCNC2=O)c2ccccc2)c2c(Cl)cc(Cl)cc21. The zero-order valence-electron chi connectivity index (χ0n) is 14.4. The molecule has 0 saturated carbocycles. The molecule has 1 N–H and O–H groups in total. The number of hydrogen-bond donors (Lipinski definition) is 1. The lowest BCUT2D eigenvalue weighted by molar-refractivity contribution is -0.116. The van der Waals surface area contributed by atoms with Gasteiger partial charge in [0.2, 0.25) is 5.91 Å². The predicted octanol–water partition coefficient (Wildman–Crippen LogP) is 5.29. The van der Waals surface area contributed by atoms with Gasteiger partial charge in [-0.05, 0) is 36.6 Å². The molecule has 0 atom stereocenters. The fourth-order valence-electron chi connectivity index (χ4n) is 3.65. The lowest BCUT2D eigenvalue weighted by Gasteiger charge is -2.11. The van der Waals surface area contributed by atoms with Gasteiger partial charge in [-0.2, -0.15) is 0 Å². The van der Waals surface area contributed by atoms with Crippen molar-refractivity contribution >= 4 is 45.6 Å². The number of aromatic nitrogens is 1. The molecule has 5 heteroatoms. The molecule has 0 spiro atoms. The van der Waals surface area contributed by atoms with Crippen molar-refractivity contribution in [2.24, 2.45) is 0 Å². The van der Waals surface area contributed by atoms with Gasteiger partial charge < -0.3 is 9.88 Å². The number of nitrogens with one attached hydrogen (secondary N) is 1.